The Kier molecular flexibility index (Phi) is 3.67. The molecule has 1 aromatic heterocycles. The number of aliphatic carboxylic acids is 1. The van der Waals surface area contributed by atoms with Crippen LogP contribution in [-0.4, -0.2) is 20.9 Å². The standard InChI is InChI=1S/C13H13ClN2O2/c1-16-12(6-7-13(17)18)10(8-15-16)9-4-2-3-5-11(9)14/h2-5,8H,6-7H2,1H3,(H,17,18). The Morgan fingerprint density at radius 1 is 1.39 bits per heavy atom. The first-order valence-corrected chi connectivity index (χ1v) is 5.95. The number of hydrogen-bond donors (Lipinski definition) is 1. The SMILES string of the molecule is Cn1ncc(-c2ccccc2Cl)c1CCC(=O)O. The van der Waals surface area contributed by atoms with Crippen LogP contribution in [-0.2, 0) is 18.3 Å². The molecule has 18 heavy (non-hydrogen) atoms. The van der Waals surface area contributed by atoms with Gasteiger partial charge in [-0.25, -0.2) is 0 Å². The van der Waals surface area contributed by atoms with Crippen LogP contribution in [0.3, 0.4) is 0 Å². The molecule has 1 aromatic carbocycles. The van der Waals surface area contributed by atoms with Crippen LogP contribution in [0, 0.1) is 0 Å². The average molecular weight is 265 g/mol. The Morgan fingerprint density at radius 3 is 2.78 bits per heavy atom. The molecule has 2 aromatic rings. The van der Waals surface area contributed by atoms with E-state index in [9.17, 15) is 4.79 Å². The predicted molar refractivity (Wildman–Crippen MR) is 69.6 cm³/mol. The van der Waals surface area contributed by atoms with Gasteiger partial charge in [-0.15, -0.1) is 0 Å². The van der Waals surface area contributed by atoms with Gasteiger partial charge in [0.15, 0.2) is 0 Å². The molecule has 0 aliphatic carbocycles. The van der Waals surface area contributed by atoms with Gasteiger partial charge in [0.2, 0.25) is 0 Å². The van der Waals surface area contributed by atoms with E-state index in [1.54, 1.807) is 17.9 Å². The lowest BCUT2D eigenvalue weighted by Gasteiger charge is -2.06. The fourth-order valence-electron chi connectivity index (χ4n) is 1.89. The van der Waals surface area contributed by atoms with E-state index in [-0.39, 0.29) is 6.42 Å². The topological polar surface area (TPSA) is 55.1 Å². The summed E-state index contributed by atoms with van der Waals surface area (Å²) < 4.78 is 1.70. The van der Waals surface area contributed by atoms with Crippen LogP contribution in [0.2, 0.25) is 5.02 Å². The van der Waals surface area contributed by atoms with E-state index in [2.05, 4.69) is 5.10 Å². The number of carboxylic acid groups (broad SMARTS) is 1. The summed E-state index contributed by atoms with van der Waals surface area (Å²) in [5.74, 6) is -0.818. The van der Waals surface area contributed by atoms with Gasteiger partial charge in [-0.3, -0.25) is 9.48 Å². The molecule has 0 atom stereocenters. The van der Waals surface area contributed by atoms with E-state index in [4.69, 9.17) is 16.7 Å². The van der Waals surface area contributed by atoms with Gasteiger partial charge in [-0.2, -0.15) is 5.10 Å². The van der Waals surface area contributed by atoms with Gasteiger partial charge in [0.1, 0.15) is 0 Å². The Labute approximate surface area is 110 Å². The molecule has 5 heteroatoms. The molecule has 0 spiro atoms. The quantitative estimate of drug-likeness (QED) is 0.924. The largest absolute Gasteiger partial charge is 0.481 e. The van der Waals surface area contributed by atoms with Crippen LogP contribution in [0.5, 0.6) is 0 Å². The minimum absolute atomic E-state index is 0.0803. The second-order valence-corrected chi connectivity index (χ2v) is 4.41. The lowest BCUT2D eigenvalue weighted by Crippen LogP contribution is -2.04. The van der Waals surface area contributed by atoms with Crippen molar-refractivity contribution >= 4 is 17.6 Å². The molecule has 0 aliphatic rings. The third-order valence-electron chi connectivity index (χ3n) is 2.80. The molecular formula is C13H13ClN2O2. The molecule has 0 saturated heterocycles. The smallest absolute Gasteiger partial charge is 0.303 e. The summed E-state index contributed by atoms with van der Waals surface area (Å²) >= 11 is 6.15. The van der Waals surface area contributed by atoms with E-state index in [0.29, 0.717) is 11.4 Å². The molecular weight excluding hydrogens is 252 g/mol. The summed E-state index contributed by atoms with van der Waals surface area (Å²) in [6, 6.07) is 7.47. The van der Waals surface area contributed by atoms with Crippen LogP contribution in [0.4, 0.5) is 0 Å². The number of benzene rings is 1. The van der Waals surface area contributed by atoms with Crippen LogP contribution < -0.4 is 0 Å². The highest BCUT2D eigenvalue weighted by Gasteiger charge is 2.13. The second-order valence-electron chi connectivity index (χ2n) is 4.00. The monoisotopic (exact) mass is 264 g/mol. The number of aryl methyl sites for hydroxylation is 1. The number of aromatic nitrogens is 2. The normalized spacial score (nSPS) is 10.6. The maximum Gasteiger partial charge on any atom is 0.303 e. The summed E-state index contributed by atoms with van der Waals surface area (Å²) in [6.45, 7) is 0. The van der Waals surface area contributed by atoms with Crippen molar-refractivity contribution in [2.45, 2.75) is 12.8 Å². The third kappa shape index (κ3) is 2.54. The van der Waals surface area contributed by atoms with Gasteiger partial charge in [0, 0.05) is 35.3 Å². The number of rotatable bonds is 4. The Hall–Kier alpha value is -1.81. The van der Waals surface area contributed by atoms with Gasteiger partial charge >= 0.3 is 5.97 Å². The van der Waals surface area contributed by atoms with Gasteiger partial charge in [-0.05, 0) is 6.07 Å². The maximum absolute atomic E-state index is 10.7. The van der Waals surface area contributed by atoms with E-state index in [1.807, 2.05) is 24.3 Å². The highest BCUT2D eigenvalue weighted by Crippen LogP contribution is 2.30. The highest BCUT2D eigenvalue weighted by atomic mass is 35.5. The van der Waals surface area contributed by atoms with Crippen molar-refractivity contribution in [1.29, 1.82) is 0 Å². The Morgan fingerprint density at radius 2 is 2.11 bits per heavy atom. The molecule has 0 bridgehead atoms. The van der Waals surface area contributed by atoms with Crippen molar-refractivity contribution in [3.05, 3.63) is 41.2 Å². The average Bonchev–Trinajstić information content (AvgIpc) is 2.68. The molecule has 0 unspecified atom stereocenters. The van der Waals surface area contributed by atoms with Crippen molar-refractivity contribution in [3.63, 3.8) is 0 Å². The number of nitrogens with zero attached hydrogens (tertiary/aromatic N) is 2. The maximum atomic E-state index is 10.7. The van der Waals surface area contributed by atoms with Crippen LogP contribution in [0.25, 0.3) is 11.1 Å². The molecule has 2 rings (SSSR count). The number of carboxylic acids is 1. The van der Waals surface area contributed by atoms with Gasteiger partial charge in [0.25, 0.3) is 0 Å². The highest BCUT2D eigenvalue weighted by molar-refractivity contribution is 6.33. The molecule has 94 valence electrons. The molecule has 0 fully saturated rings. The lowest BCUT2D eigenvalue weighted by molar-refractivity contribution is -0.136. The fourth-order valence-corrected chi connectivity index (χ4v) is 2.13. The third-order valence-corrected chi connectivity index (χ3v) is 3.13. The zero-order chi connectivity index (χ0) is 13.1. The molecule has 0 amide bonds. The van der Waals surface area contributed by atoms with Gasteiger partial charge in [0.05, 0.1) is 12.6 Å². The van der Waals surface area contributed by atoms with E-state index >= 15 is 0 Å². The zero-order valence-corrected chi connectivity index (χ0v) is 10.7. The summed E-state index contributed by atoms with van der Waals surface area (Å²) in [4.78, 5) is 10.7. The van der Waals surface area contributed by atoms with E-state index in [1.165, 1.54) is 0 Å². The van der Waals surface area contributed by atoms with Crippen molar-refractivity contribution in [2.75, 3.05) is 0 Å². The first-order chi connectivity index (χ1) is 8.59. The Bertz CT molecular complexity index is 578. The van der Waals surface area contributed by atoms with E-state index in [0.717, 1.165) is 16.8 Å². The molecule has 4 nitrogen and oxygen atoms in total. The predicted octanol–water partition coefficient (Wildman–Crippen LogP) is 2.76. The Balaban J connectivity index is 2.40. The summed E-state index contributed by atoms with van der Waals surface area (Å²) in [7, 11) is 1.80. The summed E-state index contributed by atoms with van der Waals surface area (Å²) in [5, 5.41) is 13.6. The van der Waals surface area contributed by atoms with Crippen molar-refractivity contribution in [2.24, 2.45) is 7.05 Å². The van der Waals surface area contributed by atoms with E-state index < -0.39 is 5.97 Å². The lowest BCUT2D eigenvalue weighted by atomic mass is 10.0. The van der Waals surface area contributed by atoms with Crippen LogP contribution in [0.1, 0.15) is 12.1 Å². The first-order valence-electron chi connectivity index (χ1n) is 5.57. The van der Waals surface area contributed by atoms with Crippen molar-refractivity contribution in [1.82, 2.24) is 9.78 Å². The van der Waals surface area contributed by atoms with Crippen molar-refractivity contribution < 1.29 is 9.90 Å². The first kappa shape index (κ1) is 12.6. The minimum Gasteiger partial charge on any atom is -0.481 e. The van der Waals surface area contributed by atoms with Crippen LogP contribution >= 0.6 is 11.6 Å². The molecule has 0 aliphatic heterocycles. The van der Waals surface area contributed by atoms with Gasteiger partial charge < -0.3 is 5.11 Å². The number of halogens is 1. The molecule has 0 radical (unpaired) electrons. The van der Waals surface area contributed by atoms with Crippen molar-refractivity contribution in [3.8, 4) is 11.1 Å². The zero-order valence-electron chi connectivity index (χ0n) is 9.93. The second kappa shape index (κ2) is 5.23. The minimum atomic E-state index is -0.818. The van der Waals surface area contributed by atoms with Gasteiger partial charge in [-0.1, -0.05) is 29.8 Å². The summed E-state index contributed by atoms with van der Waals surface area (Å²) in [6.07, 6.45) is 2.24. The number of hydrogen-bond acceptors (Lipinski definition) is 2. The van der Waals surface area contributed by atoms with Crippen LogP contribution in [0.15, 0.2) is 30.5 Å². The fraction of sp³-hybridized carbons (Fsp3) is 0.231. The molecule has 1 heterocycles. The number of carbonyl (C=O) groups is 1. The summed E-state index contributed by atoms with van der Waals surface area (Å²) in [5.41, 5.74) is 2.66. The molecule has 1 N–H and O–H groups in total. The molecule has 0 saturated carbocycles.